The second-order valence-electron chi connectivity index (χ2n) is 5.07. The number of halogens is 1. The molecule has 1 aliphatic heterocycles. The van der Waals surface area contributed by atoms with Gasteiger partial charge in [0.25, 0.3) is 0 Å². The first-order chi connectivity index (χ1) is 8.44. The second kappa shape index (κ2) is 5.57. The number of benzene rings is 1. The van der Waals surface area contributed by atoms with Crippen LogP contribution in [0.4, 0.5) is 4.79 Å². The number of hydrogen-bond acceptors (Lipinski definition) is 4. The Kier molecular flexibility index (Phi) is 4.52. The second-order valence-corrected chi connectivity index (χ2v) is 5.07. The fourth-order valence-corrected chi connectivity index (χ4v) is 2.10. The third-order valence-electron chi connectivity index (χ3n) is 3.16. The SMILES string of the molecule is COc1cc([C@H]2NC(=O)OCC2(C)C)ccc1O.Cl. The van der Waals surface area contributed by atoms with Gasteiger partial charge in [-0.05, 0) is 17.7 Å². The smallest absolute Gasteiger partial charge is 0.407 e. The van der Waals surface area contributed by atoms with Crippen molar-refractivity contribution in [2.75, 3.05) is 13.7 Å². The summed E-state index contributed by atoms with van der Waals surface area (Å²) in [5.74, 6) is 0.474. The molecule has 1 aromatic rings. The summed E-state index contributed by atoms with van der Waals surface area (Å²) in [6.45, 7) is 4.37. The first-order valence-electron chi connectivity index (χ1n) is 5.74. The molecule has 0 spiro atoms. The van der Waals surface area contributed by atoms with Crippen LogP contribution in [0.15, 0.2) is 18.2 Å². The van der Waals surface area contributed by atoms with Crippen LogP contribution in [0.25, 0.3) is 0 Å². The molecular formula is C13H18ClNO4. The Morgan fingerprint density at radius 3 is 2.79 bits per heavy atom. The highest BCUT2D eigenvalue weighted by molar-refractivity contribution is 5.85. The van der Waals surface area contributed by atoms with E-state index in [9.17, 15) is 9.90 Å². The molecule has 0 radical (unpaired) electrons. The highest BCUT2D eigenvalue weighted by Crippen LogP contribution is 2.39. The zero-order chi connectivity index (χ0) is 13.3. The van der Waals surface area contributed by atoms with Gasteiger partial charge < -0.3 is 19.9 Å². The average Bonchev–Trinajstić information content (AvgIpc) is 2.33. The van der Waals surface area contributed by atoms with Gasteiger partial charge in [0.05, 0.1) is 13.2 Å². The summed E-state index contributed by atoms with van der Waals surface area (Å²) in [5, 5.41) is 12.4. The van der Waals surface area contributed by atoms with E-state index in [1.54, 1.807) is 18.2 Å². The van der Waals surface area contributed by atoms with Gasteiger partial charge in [-0.25, -0.2) is 4.79 Å². The van der Waals surface area contributed by atoms with Gasteiger partial charge in [-0.3, -0.25) is 0 Å². The van der Waals surface area contributed by atoms with Crippen LogP contribution in [0, 0.1) is 5.41 Å². The molecule has 0 bridgehead atoms. The largest absolute Gasteiger partial charge is 0.504 e. The summed E-state index contributed by atoms with van der Waals surface area (Å²) in [6, 6.07) is 4.89. The molecule has 1 aromatic carbocycles. The van der Waals surface area contributed by atoms with Crippen LogP contribution in [0.1, 0.15) is 25.5 Å². The fourth-order valence-electron chi connectivity index (χ4n) is 2.10. The van der Waals surface area contributed by atoms with Crippen LogP contribution in [-0.2, 0) is 4.74 Å². The molecule has 0 aliphatic carbocycles. The molecule has 1 saturated heterocycles. The van der Waals surface area contributed by atoms with E-state index in [4.69, 9.17) is 9.47 Å². The van der Waals surface area contributed by atoms with E-state index >= 15 is 0 Å². The van der Waals surface area contributed by atoms with Gasteiger partial charge >= 0.3 is 6.09 Å². The van der Waals surface area contributed by atoms with Crippen LogP contribution in [0.2, 0.25) is 0 Å². The van der Waals surface area contributed by atoms with E-state index in [1.165, 1.54) is 7.11 Å². The highest BCUT2D eigenvalue weighted by Gasteiger charge is 2.38. The molecule has 1 heterocycles. The number of phenolic OH excluding ortho intramolecular Hbond substituents is 1. The van der Waals surface area contributed by atoms with Crippen LogP contribution in [-0.4, -0.2) is 24.9 Å². The Bertz CT molecular complexity index is 476. The minimum atomic E-state index is -0.425. The summed E-state index contributed by atoms with van der Waals surface area (Å²) in [6.07, 6.45) is -0.425. The Morgan fingerprint density at radius 1 is 1.47 bits per heavy atom. The lowest BCUT2D eigenvalue weighted by Crippen LogP contribution is -2.46. The van der Waals surface area contributed by atoms with Gasteiger partial charge in [0.2, 0.25) is 0 Å². The summed E-state index contributed by atoms with van der Waals surface area (Å²) in [5.41, 5.74) is 0.655. The summed E-state index contributed by atoms with van der Waals surface area (Å²) >= 11 is 0. The molecule has 5 nitrogen and oxygen atoms in total. The molecule has 0 unspecified atom stereocenters. The number of phenols is 1. The van der Waals surface area contributed by atoms with Crippen molar-refractivity contribution in [2.24, 2.45) is 5.41 Å². The third kappa shape index (κ3) is 3.04. The van der Waals surface area contributed by atoms with Crippen LogP contribution in [0.5, 0.6) is 11.5 Å². The molecule has 0 saturated carbocycles. The van der Waals surface area contributed by atoms with Gasteiger partial charge in [0.15, 0.2) is 11.5 Å². The summed E-state index contributed by atoms with van der Waals surface area (Å²) in [4.78, 5) is 11.3. The topological polar surface area (TPSA) is 67.8 Å². The number of ether oxygens (including phenoxy) is 2. The molecule has 19 heavy (non-hydrogen) atoms. The summed E-state index contributed by atoms with van der Waals surface area (Å²) in [7, 11) is 1.49. The van der Waals surface area contributed by atoms with E-state index in [-0.39, 0.29) is 29.6 Å². The van der Waals surface area contributed by atoms with E-state index in [2.05, 4.69) is 5.32 Å². The molecule has 2 rings (SSSR count). The van der Waals surface area contributed by atoms with Crippen molar-refractivity contribution >= 4 is 18.5 Å². The molecule has 1 atom stereocenters. The molecule has 0 aromatic heterocycles. The number of alkyl carbamates (subject to hydrolysis) is 1. The predicted octanol–water partition coefficient (Wildman–Crippen LogP) is 2.63. The van der Waals surface area contributed by atoms with Crippen molar-refractivity contribution < 1.29 is 19.4 Å². The summed E-state index contributed by atoms with van der Waals surface area (Å²) < 4.78 is 10.1. The van der Waals surface area contributed by atoms with Gasteiger partial charge in [0, 0.05) is 5.41 Å². The zero-order valence-corrected chi connectivity index (χ0v) is 11.9. The molecule has 2 N–H and O–H groups in total. The number of methoxy groups -OCH3 is 1. The van der Waals surface area contributed by atoms with Gasteiger partial charge in [-0.1, -0.05) is 19.9 Å². The maximum absolute atomic E-state index is 11.3. The molecule has 1 amide bonds. The van der Waals surface area contributed by atoms with Crippen LogP contribution >= 0.6 is 12.4 Å². The molecule has 106 valence electrons. The van der Waals surface area contributed by atoms with Crippen molar-refractivity contribution in [3.05, 3.63) is 23.8 Å². The lowest BCUT2D eigenvalue weighted by molar-refractivity contribution is 0.0387. The van der Waals surface area contributed by atoms with Crippen molar-refractivity contribution in [3.8, 4) is 11.5 Å². The number of nitrogens with one attached hydrogen (secondary N) is 1. The minimum Gasteiger partial charge on any atom is -0.504 e. The Labute approximate surface area is 118 Å². The van der Waals surface area contributed by atoms with Crippen molar-refractivity contribution in [1.29, 1.82) is 0 Å². The molecular weight excluding hydrogens is 270 g/mol. The van der Waals surface area contributed by atoms with Gasteiger partial charge in [-0.15, -0.1) is 12.4 Å². The van der Waals surface area contributed by atoms with Crippen LogP contribution < -0.4 is 10.1 Å². The number of carbonyl (C=O) groups is 1. The third-order valence-corrected chi connectivity index (χ3v) is 3.16. The first-order valence-corrected chi connectivity index (χ1v) is 5.74. The van der Waals surface area contributed by atoms with Gasteiger partial charge in [-0.2, -0.15) is 0 Å². The Hall–Kier alpha value is -1.62. The number of amides is 1. The monoisotopic (exact) mass is 287 g/mol. The average molecular weight is 288 g/mol. The normalized spacial score (nSPS) is 20.8. The van der Waals surface area contributed by atoms with Crippen molar-refractivity contribution in [2.45, 2.75) is 19.9 Å². The highest BCUT2D eigenvalue weighted by atomic mass is 35.5. The predicted molar refractivity (Wildman–Crippen MR) is 72.9 cm³/mol. The van der Waals surface area contributed by atoms with Gasteiger partial charge in [0.1, 0.15) is 6.61 Å². The number of rotatable bonds is 2. The lowest BCUT2D eigenvalue weighted by atomic mass is 9.80. The number of hydrogen-bond donors (Lipinski definition) is 2. The van der Waals surface area contributed by atoms with E-state index in [1.807, 2.05) is 13.8 Å². The molecule has 6 heteroatoms. The lowest BCUT2D eigenvalue weighted by Gasteiger charge is -2.38. The minimum absolute atomic E-state index is 0. The van der Waals surface area contributed by atoms with Crippen molar-refractivity contribution in [3.63, 3.8) is 0 Å². The Morgan fingerprint density at radius 2 is 2.16 bits per heavy atom. The molecule has 1 aliphatic rings. The Balaban J connectivity index is 0.00000180. The van der Waals surface area contributed by atoms with E-state index in [0.29, 0.717) is 12.4 Å². The first kappa shape index (κ1) is 15.4. The quantitative estimate of drug-likeness (QED) is 0.877. The number of aromatic hydroxyl groups is 1. The maximum Gasteiger partial charge on any atom is 0.407 e. The van der Waals surface area contributed by atoms with Crippen LogP contribution in [0.3, 0.4) is 0 Å². The zero-order valence-electron chi connectivity index (χ0n) is 11.1. The van der Waals surface area contributed by atoms with E-state index < -0.39 is 6.09 Å². The maximum atomic E-state index is 11.3. The molecule has 1 fully saturated rings. The van der Waals surface area contributed by atoms with Crippen molar-refractivity contribution in [1.82, 2.24) is 5.32 Å². The number of carbonyl (C=O) groups excluding carboxylic acids is 1. The standard InChI is InChI=1S/C13H17NO4.ClH/c1-13(2)7-18-12(16)14-11(13)8-4-5-9(15)10(6-8)17-3;/h4-6,11,15H,7H2,1-3H3,(H,14,16);1H/t11-;/m1./s1. The van der Waals surface area contributed by atoms with E-state index in [0.717, 1.165) is 5.56 Å². The fraction of sp³-hybridized carbons (Fsp3) is 0.462. The number of cyclic esters (lactones) is 1.